The Hall–Kier alpha value is -1.87. The molecule has 4 rings (SSSR count). The molecule has 7 nitrogen and oxygen atoms in total. The van der Waals surface area contributed by atoms with E-state index in [1.54, 1.807) is 0 Å². The number of amides is 1. The number of carbonyl (C=O) groups is 2. The average Bonchev–Trinajstić information content (AvgIpc) is 3.27. The third-order valence-electron chi connectivity index (χ3n) is 4.65. The Morgan fingerprint density at radius 2 is 2.07 bits per heavy atom. The first-order valence-electron chi connectivity index (χ1n) is 9.63. The molecule has 2 aliphatic carbocycles. The van der Waals surface area contributed by atoms with Crippen LogP contribution in [0.2, 0.25) is 0 Å². The van der Waals surface area contributed by atoms with Gasteiger partial charge >= 0.3 is 5.97 Å². The number of ether oxygens (including phenoxy) is 1. The molecule has 1 amide bonds. The zero-order chi connectivity index (χ0) is 19.7. The zero-order valence-electron chi connectivity index (χ0n) is 15.9. The summed E-state index contributed by atoms with van der Waals surface area (Å²) in [7, 11) is 0. The number of esters is 1. The van der Waals surface area contributed by atoms with Crippen molar-refractivity contribution in [3.63, 3.8) is 0 Å². The van der Waals surface area contributed by atoms with Crippen LogP contribution in [-0.4, -0.2) is 33.9 Å². The van der Waals surface area contributed by atoms with E-state index in [4.69, 9.17) is 9.15 Å². The van der Waals surface area contributed by atoms with Gasteiger partial charge in [0.1, 0.15) is 5.00 Å². The van der Waals surface area contributed by atoms with Crippen LogP contribution in [0.25, 0.3) is 0 Å². The Balaban J connectivity index is 1.44. The summed E-state index contributed by atoms with van der Waals surface area (Å²) >= 11 is 2.70. The number of aromatic nitrogens is 2. The van der Waals surface area contributed by atoms with Crippen LogP contribution in [0, 0.1) is 0 Å². The van der Waals surface area contributed by atoms with Crippen molar-refractivity contribution >= 4 is 40.0 Å². The normalized spacial score (nSPS) is 16.1. The van der Waals surface area contributed by atoms with Gasteiger partial charge in [-0.15, -0.1) is 21.5 Å². The number of anilines is 1. The quantitative estimate of drug-likeness (QED) is 0.529. The number of aryl methyl sites for hydroxylation is 1. The van der Waals surface area contributed by atoms with Crippen LogP contribution in [0.1, 0.15) is 72.1 Å². The van der Waals surface area contributed by atoms with Crippen LogP contribution in [0.15, 0.2) is 9.64 Å². The molecule has 0 spiro atoms. The number of rotatable bonds is 7. The Labute approximate surface area is 171 Å². The summed E-state index contributed by atoms with van der Waals surface area (Å²) in [6, 6.07) is 0. The molecule has 150 valence electrons. The fraction of sp³-hybridized carbons (Fsp3) is 0.579. The van der Waals surface area contributed by atoms with Crippen LogP contribution in [0.4, 0.5) is 5.00 Å². The van der Waals surface area contributed by atoms with Crippen molar-refractivity contribution in [1.82, 2.24) is 10.2 Å². The van der Waals surface area contributed by atoms with Crippen LogP contribution >= 0.6 is 23.1 Å². The molecule has 9 heteroatoms. The Bertz CT molecular complexity index is 886. The summed E-state index contributed by atoms with van der Waals surface area (Å²) in [5, 5.41) is 11.9. The largest absolute Gasteiger partial charge is 0.459 e. The van der Waals surface area contributed by atoms with Crippen LogP contribution in [0.5, 0.6) is 0 Å². The molecule has 2 aromatic rings. The second-order valence-corrected chi connectivity index (χ2v) is 9.42. The van der Waals surface area contributed by atoms with E-state index in [9.17, 15) is 9.59 Å². The van der Waals surface area contributed by atoms with Gasteiger partial charge in [-0.2, -0.15) is 0 Å². The molecular weight excluding hydrogens is 398 g/mol. The van der Waals surface area contributed by atoms with Gasteiger partial charge < -0.3 is 14.5 Å². The number of nitrogens with zero attached hydrogens (tertiary/aromatic N) is 2. The highest BCUT2D eigenvalue weighted by molar-refractivity contribution is 7.99. The lowest BCUT2D eigenvalue weighted by atomic mass is 9.95. The van der Waals surface area contributed by atoms with Crippen LogP contribution in [-0.2, 0) is 22.4 Å². The first kappa shape index (κ1) is 19.4. The Kier molecular flexibility index (Phi) is 5.73. The fourth-order valence-corrected chi connectivity index (χ4v) is 5.07. The van der Waals surface area contributed by atoms with Gasteiger partial charge in [0.25, 0.3) is 5.22 Å². The molecule has 28 heavy (non-hydrogen) atoms. The van der Waals surface area contributed by atoms with E-state index in [0.717, 1.165) is 44.1 Å². The summed E-state index contributed by atoms with van der Waals surface area (Å²) < 4.78 is 11.0. The maximum atomic E-state index is 12.6. The van der Waals surface area contributed by atoms with E-state index in [2.05, 4.69) is 15.5 Å². The lowest BCUT2D eigenvalue weighted by Gasteiger charge is -2.14. The molecule has 0 bridgehead atoms. The number of fused-ring (bicyclic) bond motifs is 1. The van der Waals surface area contributed by atoms with E-state index in [0.29, 0.717) is 27.6 Å². The molecule has 1 saturated carbocycles. The molecule has 1 N–H and O–H groups in total. The second-order valence-electron chi connectivity index (χ2n) is 7.39. The zero-order valence-corrected chi connectivity index (χ0v) is 17.6. The minimum atomic E-state index is -0.358. The first-order chi connectivity index (χ1) is 13.5. The number of hydrogen-bond acceptors (Lipinski definition) is 8. The smallest absolute Gasteiger partial charge is 0.341 e. The fourth-order valence-electron chi connectivity index (χ4n) is 3.21. The van der Waals surface area contributed by atoms with Gasteiger partial charge in [0.15, 0.2) is 0 Å². The lowest BCUT2D eigenvalue weighted by molar-refractivity contribution is -0.113. The third-order valence-corrected chi connectivity index (χ3v) is 6.67. The SMILES string of the molecule is CC(C)OC(=O)c1c(NC(=O)CSc2nnc(C3CC3)o2)sc2c1CCCC2. The number of thiophene rings is 1. The van der Waals surface area contributed by atoms with Gasteiger partial charge in [0, 0.05) is 10.8 Å². The molecule has 0 saturated heterocycles. The molecular formula is C19H23N3O4S2. The molecule has 0 aromatic carbocycles. The van der Waals surface area contributed by atoms with Crippen LogP contribution < -0.4 is 5.32 Å². The monoisotopic (exact) mass is 421 g/mol. The van der Waals surface area contributed by atoms with E-state index < -0.39 is 0 Å². The highest BCUT2D eigenvalue weighted by Gasteiger charge is 2.30. The molecule has 0 atom stereocenters. The van der Waals surface area contributed by atoms with Crippen molar-refractivity contribution in [3.8, 4) is 0 Å². The van der Waals surface area contributed by atoms with Gasteiger partial charge in [-0.3, -0.25) is 4.79 Å². The van der Waals surface area contributed by atoms with Gasteiger partial charge in [-0.1, -0.05) is 11.8 Å². The van der Waals surface area contributed by atoms with Crippen molar-refractivity contribution in [2.75, 3.05) is 11.1 Å². The van der Waals surface area contributed by atoms with E-state index in [1.165, 1.54) is 28.0 Å². The predicted octanol–water partition coefficient (Wildman–Crippen LogP) is 4.18. The molecule has 1 fully saturated rings. The van der Waals surface area contributed by atoms with Crippen molar-refractivity contribution in [1.29, 1.82) is 0 Å². The predicted molar refractivity (Wildman–Crippen MR) is 107 cm³/mol. The van der Waals surface area contributed by atoms with E-state index in [1.807, 2.05) is 13.8 Å². The van der Waals surface area contributed by atoms with E-state index >= 15 is 0 Å². The molecule has 0 radical (unpaired) electrons. The molecule has 2 heterocycles. The average molecular weight is 422 g/mol. The van der Waals surface area contributed by atoms with Crippen molar-refractivity contribution in [2.45, 2.75) is 69.6 Å². The highest BCUT2D eigenvalue weighted by Crippen LogP contribution is 2.40. The number of thioether (sulfide) groups is 1. The van der Waals surface area contributed by atoms with Crippen molar-refractivity contribution < 1.29 is 18.7 Å². The van der Waals surface area contributed by atoms with E-state index in [-0.39, 0.29) is 23.7 Å². The van der Waals surface area contributed by atoms with Gasteiger partial charge in [-0.05, 0) is 57.9 Å². The molecule has 2 aliphatic rings. The molecule has 0 aliphatic heterocycles. The molecule has 2 aromatic heterocycles. The second kappa shape index (κ2) is 8.24. The summed E-state index contributed by atoms with van der Waals surface area (Å²) in [5.74, 6) is 0.639. The van der Waals surface area contributed by atoms with Crippen molar-refractivity contribution in [2.24, 2.45) is 0 Å². The maximum absolute atomic E-state index is 12.6. The number of carbonyl (C=O) groups excluding carboxylic acids is 2. The summed E-state index contributed by atoms with van der Waals surface area (Å²) in [4.78, 5) is 26.3. The Morgan fingerprint density at radius 1 is 1.29 bits per heavy atom. The number of hydrogen-bond donors (Lipinski definition) is 1. The van der Waals surface area contributed by atoms with Crippen LogP contribution in [0.3, 0.4) is 0 Å². The number of nitrogens with one attached hydrogen (secondary N) is 1. The third kappa shape index (κ3) is 4.41. The van der Waals surface area contributed by atoms with Crippen molar-refractivity contribution in [3.05, 3.63) is 21.9 Å². The highest BCUT2D eigenvalue weighted by atomic mass is 32.2. The maximum Gasteiger partial charge on any atom is 0.341 e. The lowest BCUT2D eigenvalue weighted by Crippen LogP contribution is -2.18. The summed E-state index contributed by atoms with van der Waals surface area (Å²) in [5.41, 5.74) is 1.57. The van der Waals surface area contributed by atoms with Gasteiger partial charge in [-0.25, -0.2) is 4.79 Å². The van der Waals surface area contributed by atoms with Gasteiger partial charge in [0.05, 0.1) is 17.4 Å². The van der Waals surface area contributed by atoms with Gasteiger partial charge in [0.2, 0.25) is 11.8 Å². The minimum absolute atomic E-state index is 0.146. The summed E-state index contributed by atoms with van der Waals surface area (Å²) in [6.45, 7) is 3.65. The summed E-state index contributed by atoms with van der Waals surface area (Å²) in [6.07, 6.45) is 5.93. The topological polar surface area (TPSA) is 94.3 Å². The standard InChI is InChI=1S/C19H23N3O4S2/c1-10(2)25-18(24)15-12-5-3-4-6-13(12)28-17(15)20-14(23)9-27-19-22-21-16(26-19)11-7-8-11/h10-11H,3-9H2,1-2H3,(H,20,23). The Morgan fingerprint density at radius 3 is 2.82 bits per heavy atom. The minimum Gasteiger partial charge on any atom is -0.459 e. The molecule has 0 unspecified atom stereocenters. The first-order valence-corrected chi connectivity index (χ1v) is 11.4.